The molecule has 0 saturated heterocycles. The summed E-state index contributed by atoms with van der Waals surface area (Å²) in [4.78, 5) is 20.8. The van der Waals surface area contributed by atoms with Crippen molar-refractivity contribution < 1.29 is 19.6 Å². The Kier molecular flexibility index (Phi) is 3.60. The van der Waals surface area contributed by atoms with Gasteiger partial charge >= 0.3 is 5.97 Å². The number of nitro groups is 1. The van der Waals surface area contributed by atoms with Gasteiger partial charge in [-0.05, 0) is 18.2 Å². The highest BCUT2D eigenvalue weighted by Crippen LogP contribution is 2.24. The summed E-state index contributed by atoms with van der Waals surface area (Å²) < 4.78 is 4.35. The fourth-order valence-corrected chi connectivity index (χ4v) is 1.06. The molecule has 1 aromatic carbocycles. The van der Waals surface area contributed by atoms with Gasteiger partial charge < -0.3 is 9.84 Å². The topological polar surface area (TPSA) is 89.7 Å². The largest absolute Gasteiger partial charge is 0.508 e. The van der Waals surface area contributed by atoms with E-state index < -0.39 is 10.9 Å². The van der Waals surface area contributed by atoms with Crippen LogP contribution in [0.15, 0.2) is 24.3 Å². The minimum atomic E-state index is -0.642. The lowest BCUT2D eigenvalue weighted by molar-refractivity contribution is -0.385. The van der Waals surface area contributed by atoms with Gasteiger partial charge in [0.1, 0.15) is 5.75 Å². The summed E-state index contributed by atoms with van der Waals surface area (Å²) >= 11 is 0. The smallest absolute Gasteiger partial charge is 0.330 e. The first kappa shape index (κ1) is 11.7. The lowest BCUT2D eigenvalue weighted by atomic mass is 10.1. The number of hydrogen-bond donors (Lipinski definition) is 1. The van der Waals surface area contributed by atoms with Crippen molar-refractivity contribution in [2.24, 2.45) is 0 Å². The van der Waals surface area contributed by atoms with Crippen LogP contribution in [0.1, 0.15) is 5.56 Å². The monoisotopic (exact) mass is 223 g/mol. The van der Waals surface area contributed by atoms with Crippen molar-refractivity contribution >= 4 is 17.7 Å². The van der Waals surface area contributed by atoms with Crippen LogP contribution in [-0.4, -0.2) is 23.1 Å². The molecule has 0 atom stereocenters. The Hall–Kier alpha value is -2.37. The number of phenolic OH excluding ortho intramolecular Hbond substituents is 1. The maximum absolute atomic E-state index is 10.8. The van der Waals surface area contributed by atoms with E-state index in [1.807, 2.05) is 0 Å². The van der Waals surface area contributed by atoms with Gasteiger partial charge in [0.15, 0.2) is 0 Å². The molecule has 0 aromatic heterocycles. The summed E-state index contributed by atoms with van der Waals surface area (Å²) in [7, 11) is 1.21. The third-order valence-corrected chi connectivity index (χ3v) is 1.81. The second-order valence-electron chi connectivity index (χ2n) is 2.86. The molecule has 0 aliphatic rings. The second kappa shape index (κ2) is 4.92. The van der Waals surface area contributed by atoms with Crippen LogP contribution in [0.4, 0.5) is 5.69 Å². The Bertz CT molecular complexity index is 453. The SMILES string of the molecule is COC(=O)/C=C/c1ccc(O)cc1[N+](=O)[O-]. The maximum atomic E-state index is 10.8. The number of benzene rings is 1. The first-order chi connectivity index (χ1) is 7.54. The molecule has 0 heterocycles. The van der Waals surface area contributed by atoms with Crippen LogP contribution in [0.5, 0.6) is 5.75 Å². The van der Waals surface area contributed by atoms with Crippen molar-refractivity contribution in [2.75, 3.05) is 7.11 Å². The molecule has 0 radical (unpaired) electrons. The fourth-order valence-electron chi connectivity index (χ4n) is 1.06. The lowest BCUT2D eigenvalue weighted by Crippen LogP contribution is -1.95. The molecule has 0 fully saturated rings. The van der Waals surface area contributed by atoms with Crippen LogP contribution in [-0.2, 0) is 9.53 Å². The van der Waals surface area contributed by atoms with Gasteiger partial charge in [0.05, 0.1) is 23.7 Å². The third-order valence-electron chi connectivity index (χ3n) is 1.81. The maximum Gasteiger partial charge on any atom is 0.330 e. The number of carbonyl (C=O) groups is 1. The number of hydrogen-bond acceptors (Lipinski definition) is 5. The van der Waals surface area contributed by atoms with E-state index in [2.05, 4.69) is 4.74 Å². The van der Waals surface area contributed by atoms with Crippen molar-refractivity contribution in [3.8, 4) is 5.75 Å². The number of nitro benzene ring substituents is 1. The Morgan fingerprint density at radius 2 is 2.25 bits per heavy atom. The second-order valence-corrected chi connectivity index (χ2v) is 2.86. The van der Waals surface area contributed by atoms with Crippen LogP contribution in [0.3, 0.4) is 0 Å². The number of aromatic hydroxyl groups is 1. The van der Waals surface area contributed by atoms with Gasteiger partial charge in [0.25, 0.3) is 5.69 Å². The summed E-state index contributed by atoms with van der Waals surface area (Å²) in [6.45, 7) is 0. The normalized spacial score (nSPS) is 10.3. The fraction of sp³-hybridized carbons (Fsp3) is 0.100. The molecule has 1 rings (SSSR count). The molecule has 1 N–H and O–H groups in total. The highest BCUT2D eigenvalue weighted by Gasteiger charge is 2.12. The standard InChI is InChI=1S/C10H9NO5/c1-16-10(13)5-3-7-2-4-8(12)6-9(7)11(14)15/h2-6,12H,1H3/b5-3+. The Labute approximate surface area is 90.9 Å². The van der Waals surface area contributed by atoms with E-state index >= 15 is 0 Å². The molecule has 84 valence electrons. The molecule has 0 aliphatic heterocycles. The molecule has 0 saturated carbocycles. The van der Waals surface area contributed by atoms with E-state index in [0.29, 0.717) is 0 Å². The molecule has 0 bridgehead atoms. The van der Waals surface area contributed by atoms with Crippen LogP contribution < -0.4 is 0 Å². The number of nitrogens with zero attached hydrogens (tertiary/aromatic N) is 1. The zero-order chi connectivity index (χ0) is 12.1. The number of carbonyl (C=O) groups excluding carboxylic acids is 1. The summed E-state index contributed by atoms with van der Waals surface area (Å²) in [5, 5.41) is 19.7. The minimum Gasteiger partial charge on any atom is -0.508 e. The van der Waals surface area contributed by atoms with Gasteiger partial charge in [-0.2, -0.15) is 0 Å². The van der Waals surface area contributed by atoms with Gasteiger partial charge in [-0.1, -0.05) is 0 Å². The average Bonchev–Trinajstić information content (AvgIpc) is 2.26. The number of phenols is 1. The van der Waals surface area contributed by atoms with Crippen LogP contribution in [0.2, 0.25) is 0 Å². The van der Waals surface area contributed by atoms with E-state index in [-0.39, 0.29) is 17.0 Å². The van der Waals surface area contributed by atoms with Crippen molar-refractivity contribution in [3.05, 3.63) is 40.0 Å². The summed E-state index contributed by atoms with van der Waals surface area (Å²) in [6, 6.07) is 3.65. The predicted octanol–water partition coefficient (Wildman–Crippen LogP) is 1.49. The first-order valence-electron chi connectivity index (χ1n) is 4.28. The molecular weight excluding hydrogens is 214 g/mol. The van der Waals surface area contributed by atoms with Crippen LogP contribution >= 0.6 is 0 Å². The zero-order valence-electron chi connectivity index (χ0n) is 8.41. The zero-order valence-corrected chi connectivity index (χ0v) is 8.41. The van der Waals surface area contributed by atoms with Crippen LogP contribution in [0.25, 0.3) is 6.08 Å². The number of methoxy groups -OCH3 is 1. The van der Waals surface area contributed by atoms with E-state index in [0.717, 1.165) is 12.1 Å². The molecule has 0 unspecified atom stereocenters. The summed E-state index contributed by atoms with van der Waals surface area (Å²) in [5.41, 5.74) is -0.0617. The minimum absolute atomic E-state index is 0.207. The van der Waals surface area contributed by atoms with Crippen molar-refractivity contribution in [1.82, 2.24) is 0 Å². The number of ether oxygens (including phenoxy) is 1. The van der Waals surface area contributed by atoms with Gasteiger partial charge in [-0.25, -0.2) is 4.79 Å². The number of esters is 1. The van der Waals surface area contributed by atoms with E-state index in [1.54, 1.807) is 0 Å². The van der Waals surface area contributed by atoms with E-state index in [9.17, 15) is 14.9 Å². The molecule has 16 heavy (non-hydrogen) atoms. The Balaban J connectivity index is 3.09. The van der Waals surface area contributed by atoms with Crippen LogP contribution in [0, 0.1) is 10.1 Å². The molecule has 0 spiro atoms. The van der Waals surface area contributed by atoms with Gasteiger partial charge in [-0.3, -0.25) is 10.1 Å². The molecule has 6 heteroatoms. The molecule has 1 aromatic rings. The molecular formula is C10H9NO5. The van der Waals surface area contributed by atoms with Gasteiger partial charge in [0.2, 0.25) is 0 Å². The van der Waals surface area contributed by atoms with Gasteiger partial charge in [-0.15, -0.1) is 0 Å². The quantitative estimate of drug-likeness (QED) is 0.363. The van der Waals surface area contributed by atoms with E-state index in [1.165, 1.54) is 25.3 Å². The molecule has 0 amide bonds. The molecule has 0 aliphatic carbocycles. The van der Waals surface area contributed by atoms with E-state index in [4.69, 9.17) is 5.11 Å². The van der Waals surface area contributed by atoms with Crippen molar-refractivity contribution in [3.63, 3.8) is 0 Å². The molecule has 6 nitrogen and oxygen atoms in total. The Morgan fingerprint density at radius 1 is 1.56 bits per heavy atom. The first-order valence-corrected chi connectivity index (χ1v) is 4.28. The summed E-state index contributed by atoms with van der Waals surface area (Å²) in [5.74, 6) is -0.815. The summed E-state index contributed by atoms with van der Waals surface area (Å²) in [6.07, 6.45) is 2.32. The lowest BCUT2D eigenvalue weighted by Gasteiger charge is -1.98. The third kappa shape index (κ3) is 2.81. The van der Waals surface area contributed by atoms with Gasteiger partial charge in [0, 0.05) is 6.08 Å². The predicted molar refractivity (Wildman–Crippen MR) is 55.8 cm³/mol. The van der Waals surface area contributed by atoms with Crippen molar-refractivity contribution in [2.45, 2.75) is 0 Å². The Morgan fingerprint density at radius 3 is 2.81 bits per heavy atom. The highest BCUT2D eigenvalue weighted by molar-refractivity contribution is 5.87. The highest BCUT2D eigenvalue weighted by atomic mass is 16.6. The number of rotatable bonds is 3. The average molecular weight is 223 g/mol. The van der Waals surface area contributed by atoms with Crippen molar-refractivity contribution in [1.29, 1.82) is 0 Å².